The van der Waals surface area contributed by atoms with Gasteiger partial charge in [-0.3, -0.25) is 0 Å². The van der Waals surface area contributed by atoms with Gasteiger partial charge in [-0.2, -0.15) is 0 Å². The van der Waals surface area contributed by atoms with Gasteiger partial charge in [0.15, 0.2) is 0 Å². The lowest BCUT2D eigenvalue weighted by molar-refractivity contribution is 1.40. The normalized spacial score (nSPS) is 10.1. The zero-order valence-electron chi connectivity index (χ0n) is 9.00. The molecule has 0 saturated carbocycles. The molecule has 0 aliphatic carbocycles. The van der Waals surface area contributed by atoms with Crippen LogP contribution in [0.1, 0.15) is 5.56 Å². The third-order valence-corrected chi connectivity index (χ3v) is 3.36. The van der Waals surface area contributed by atoms with Gasteiger partial charge in [0.05, 0.1) is 11.4 Å². The fraction of sp³-hybridized carbons (Fsp3) is 0.0769. The van der Waals surface area contributed by atoms with E-state index in [4.69, 9.17) is 5.73 Å². The molecule has 0 aliphatic rings. The molecule has 0 amide bonds. The lowest BCUT2D eigenvalue weighted by atomic mass is 10.2. The second-order valence-corrected chi connectivity index (χ2v) is 4.48. The molecule has 0 atom stereocenters. The predicted molar refractivity (Wildman–Crippen MR) is 73.0 cm³/mol. The fourth-order valence-corrected chi connectivity index (χ4v) is 1.87. The molecule has 0 bridgehead atoms. The Balaban J connectivity index is 2.35. The lowest BCUT2D eigenvalue weighted by Gasteiger charge is -2.12. The van der Waals surface area contributed by atoms with E-state index in [1.165, 1.54) is 5.56 Å². The van der Waals surface area contributed by atoms with Crippen LogP contribution in [0.15, 0.2) is 46.9 Å². The summed E-state index contributed by atoms with van der Waals surface area (Å²) in [6.07, 6.45) is 0. The van der Waals surface area contributed by atoms with Crippen LogP contribution in [0, 0.1) is 6.92 Å². The molecule has 3 N–H and O–H groups in total. The van der Waals surface area contributed by atoms with Crippen molar-refractivity contribution in [2.24, 2.45) is 0 Å². The van der Waals surface area contributed by atoms with Crippen molar-refractivity contribution in [1.29, 1.82) is 0 Å². The Hall–Kier alpha value is -1.48. The van der Waals surface area contributed by atoms with E-state index in [0.717, 1.165) is 21.5 Å². The average Bonchev–Trinajstić information content (AvgIpc) is 2.28. The molecule has 82 valence electrons. The molecule has 0 heterocycles. The molecule has 0 spiro atoms. The van der Waals surface area contributed by atoms with Crippen LogP contribution in [0.2, 0.25) is 0 Å². The summed E-state index contributed by atoms with van der Waals surface area (Å²) in [5.41, 5.74) is 9.80. The van der Waals surface area contributed by atoms with Crippen molar-refractivity contribution in [3.63, 3.8) is 0 Å². The number of benzene rings is 2. The summed E-state index contributed by atoms with van der Waals surface area (Å²) in [5, 5.41) is 3.33. The first-order chi connectivity index (χ1) is 7.68. The number of nitrogen functional groups attached to an aromatic ring is 1. The zero-order chi connectivity index (χ0) is 11.5. The first kappa shape index (κ1) is 11.0. The van der Waals surface area contributed by atoms with Crippen molar-refractivity contribution >= 4 is 33.0 Å². The van der Waals surface area contributed by atoms with Crippen LogP contribution < -0.4 is 11.1 Å². The molecule has 2 aromatic carbocycles. The van der Waals surface area contributed by atoms with Crippen molar-refractivity contribution in [2.75, 3.05) is 11.1 Å². The highest BCUT2D eigenvalue weighted by Gasteiger charge is 2.03. The molecule has 2 rings (SSSR count). The molecule has 0 unspecified atom stereocenters. The summed E-state index contributed by atoms with van der Waals surface area (Å²) in [7, 11) is 0. The number of hydrogen-bond donors (Lipinski definition) is 2. The average molecular weight is 277 g/mol. The maximum atomic E-state index is 5.88. The minimum absolute atomic E-state index is 0.752. The second-order valence-electron chi connectivity index (χ2n) is 3.62. The molecular formula is C13H13BrN2. The van der Waals surface area contributed by atoms with E-state index in [-0.39, 0.29) is 0 Å². The molecule has 0 radical (unpaired) electrons. The number of nitrogens with one attached hydrogen (secondary N) is 1. The van der Waals surface area contributed by atoms with Crippen LogP contribution in [0.25, 0.3) is 0 Å². The number of halogens is 1. The zero-order valence-corrected chi connectivity index (χ0v) is 10.6. The summed E-state index contributed by atoms with van der Waals surface area (Å²) in [6.45, 7) is 2.06. The molecule has 0 fully saturated rings. The van der Waals surface area contributed by atoms with Gasteiger partial charge in [0.25, 0.3) is 0 Å². The SMILES string of the molecule is Cc1c(Br)cccc1Nc1ccccc1N. The van der Waals surface area contributed by atoms with Gasteiger partial charge in [-0.15, -0.1) is 0 Å². The Morgan fingerprint density at radius 2 is 1.69 bits per heavy atom. The van der Waals surface area contributed by atoms with E-state index in [2.05, 4.69) is 28.2 Å². The van der Waals surface area contributed by atoms with E-state index in [0.29, 0.717) is 0 Å². The smallest absolute Gasteiger partial charge is 0.0617 e. The van der Waals surface area contributed by atoms with Gasteiger partial charge in [0, 0.05) is 10.2 Å². The molecule has 0 saturated heterocycles. The van der Waals surface area contributed by atoms with Crippen LogP contribution in [-0.2, 0) is 0 Å². The van der Waals surface area contributed by atoms with Crippen molar-refractivity contribution < 1.29 is 0 Å². The third kappa shape index (κ3) is 2.19. The molecule has 2 nitrogen and oxygen atoms in total. The number of nitrogens with two attached hydrogens (primary N) is 1. The second kappa shape index (κ2) is 4.58. The number of hydrogen-bond acceptors (Lipinski definition) is 2. The van der Waals surface area contributed by atoms with Gasteiger partial charge >= 0.3 is 0 Å². The number of rotatable bonds is 2. The highest BCUT2D eigenvalue weighted by atomic mass is 79.9. The summed E-state index contributed by atoms with van der Waals surface area (Å²) in [4.78, 5) is 0. The molecule has 2 aromatic rings. The van der Waals surface area contributed by atoms with Gasteiger partial charge in [-0.05, 0) is 36.8 Å². The van der Waals surface area contributed by atoms with Crippen LogP contribution >= 0.6 is 15.9 Å². The third-order valence-electron chi connectivity index (χ3n) is 2.50. The van der Waals surface area contributed by atoms with E-state index in [1.807, 2.05) is 42.5 Å². The van der Waals surface area contributed by atoms with Crippen LogP contribution in [-0.4, -0.2) is 0 Å². The maximum Gasteiger partial charge on any atom is 0.0617 e. The van der Waals surface area contributed by atoms with Gasteiger partial charge in [-0.1, -0.05) is 34.1 Å². The van der Waals surface area contributed by atoms with Crippen LogP contribution in [0.5, 0.6) is 0 Å². The maximum absolute atomic E-state index is 5.88. The molecule has 0 aliphatic heterocycles. The number of para-hydroxylation sites is 2. The quantitative estimate of drug-likeness (QED) is 0.811. The fourth-order valence-electron chi connectivity index (χ4n) is 1.50. The predicted octanol–water partition coefficient (Wildman–Crippen LogP) is 4.08. The van der Waals surface area contributed by atoms with Crippen molar-refractivity contribution in [1.82, 2.24) is 0 Å². The van der Waals surface area contributed by atoms with Crippen LogP contribution in [0.4, 0.5) is 17.1 Å². The standard InChI is InChI=1S/C13H13BrN2/c1-9-10(14)5-4-8-12(9)16-13-7-3-2-6-11(13)15/h2-8,16H,15H2,1H3. The molecule has 16 heavy (non-hydrogen) atoms. The van der Waals surface area contributed by atoms with E-state index < -0.39 is 0 Å². The summed E-state index contributed by atoms with van der Waals surface area (Å²) in [5.74, 6) is 0. The minimum Gasteiger partial charge on any atom is -0.397 e. The van der Waals surface area contributed by atoms with Gasteiger partial charge in [0.1, 0.15) is 0 Å². The molecule has 3 heteroatoms. The summed E-state index contributed by atoms with van der Waals surface area (Å²) in [6, 6.07) is 13.8. The van der Waals surface area contributed by atoms with Crippen LogP contribution in [0.3, 0.4) is 0 Å². The number of anilines is 3. The van der Waals surface area contributed by atoms with Crippen molar-refractivity contribution in [3.8, 4) is 0 Å². The molecular weight excluding hydrogens is 264 g/mol. The van der Waals surface area contributed by atoms with Gasteiger partial charge in [-0.25, -0.2) is 0 Å². The largest absolute Gasteiger partial charge is 0.397 e. The van der Waals surface area contributed by atoms with Gasteiger partial charge < -0.3 is 11.1 Å². The lowest BCUT2D eigenvalue weighted by Crippen LogP contribution is -1.97. The monoisotopic (exact) mass is 276 g/mol. The summed E-state index contributed by atoms with van der Waals surface area (Å²) < 4.78 is 1.09. The Morgan fingerprint density at radius 1 is 1.00 bits per heavy atom. The van der Waals surface area contributed by atoms with Gasteiger partial charge in [0.2, 0.25) is 0 Å². The molecule has 0 aromatic heterocycles. The first-order valence-corrected chi connectivity index (χ1v) is 5.84. The van der Waals surface area contributed by atoms with E-state index in [1.54, 1.807) is 0 Å². The highest BCUT2D eigenvalue weighted by molar-refractivity contribution is 9.10. The first-order valence-electron chi connectivity index (χ1n) is 5.05. The Kier molecular flexibility index (Phi) is 3.15. The van der Waals surface area contributed by atoms with E-state index in [9.17, 15) is 0 Å². The van der Waals surface area contributed by atoms with E-state index >= 15 is 0 Å². The topological polar surface area (TPSA) is 38.0 Å². The van der Waals surface area contributed by atoms with Crippen molar-refractivity contribution in [3.05, 3.63) is 52.5 Å². The Bertz CT molecular complexity index is 509. The summed E-state index contributed by atoms with van der Waals surface area (Å²) >= 11 is 3.51. The highest BCUT2D eigenvalue weighted by Crippen LogP contribution is 2.28. The minimum atomic E-state index is 0.752. The Morgan fingerprint density at radius 3 is 2.44 bits per heavy atom. The Labute approximate surface area is 104 Å². The van der Waals surface area contributed by atoms with Crippen molar-refractivity contribution in [2.45, 2.75) is 6.92 Å².